The summed E-state index contributed by atoms with van der Waals surface area (Å²) >= 11 is 5.85. The van der Waals surface area contributed by atoms with Crippen LogP contribution in [0.2, 0.25) is 5.02 Å². The SMILES string of the molecule is O=C(NNC(=O)C1CC1)c1cc2cc(Cl)ccc2o1. The standard InChI is InChI=1S/C13H11ClN2O3/c14-9-3-4-10-8(5-9)6-11(19-10)13(18)16-15-12(17)7-1-2-7/h3-7H,1-2H2,(H,15,17)(H,16,18). The summed E-state index contributed by atoms with van der Waals surface area (Å²) in [5.74, 6) is -0.475. The third-order valence-electron chi connectivity index (χ3n) is 2.95. The van der Waals surface area contributed by atoms with Crippen LogP contribution in [0.1, 0.15) is 23.4 Å². The van der Waals surface area contributed by atoms with E-state index < -0.39 is 5.91 Å². The molecule has 0 spiro atoms. The first-order chi connectivity index (χ1) is 9.13. The van der Waals surface area contributed by atoms with Crippen molar-refractivity contribution in [1.29, 1.82) is 0 Å². The normalized spacial score (nSPS) is 14.4. The van der Waals surface area contributed by atoms with Gasteiger partial charge in [-0.2, -0.15) is 0 Å². The first kappa shape index (κ1) is 12.0. The highest BCUT2D eigenvalue weighted by Crippen LogP contribution is 2.28. The molecule has 0 aliphatic heterocycles. The largest absolute Gasteiger partial charge is 0.451 e. The minimum Gasteiger partial charge on any atom is -0.451 e. The second-order valence-corrected chi connectivity index (χ2v) is 4.95. The van der Waals surface area contributed by atoms with Crippen LogP contribution < -0.4 is 10.9 Å². The summed E-state index contributed by atoms with van der Waals surface area (Å²) in [6.07, 6.45) is 1.76. The van der Waals surface area contributed by atoms with Gasteiger partial charge >= 0.3 is 5.91 Å². The fraction of sp³-hybridized carbons (Fsp3) is 0.231. The number of hydrogen-bond donors (Lipinski definition) is 2. The summed E-state index contributed by atoms with van der Waals surface area (Å²) in [7, 11) is 0. The molecule has 1 heterocycles. The van der Waals surface area contributed by atoms with Crippen LogP contribution >= 0.6 is 11.6 Å². The van der Waals surface area contributed by atoms with Gasteiger partial charge < -0.3 is 4.42 Å². The summed E-state index contributed by atoms with van der Waals surface area (Å²) in [6, 6.07) is 6.67. The summed E-state index contributed by atoms with van der Waals surface area (Å²) < 4.78 is 5.37. The van der Waals surface area contributed by atoms with Gasteiger partial charge in [0.2, 0.25) is 5.91 Å². The van der Waals surface area contributed by atoms with Gasteiger partial charge in [-0.25, -0.2) is 0 Å². The van der Waals surface area contributed by atoms with Gasteiger partial charge in [0.05, 0.1) is 0 Å². The van der Waals surface area contributed by atoms with Crippen molar-refractivity contribution in [2.45, 2.75) is 12.8 Å². The molecule has 1 aliphatic carbocycles. The van der Waals surface area contributed by atoms with Crippen molar-refractivity contribution in [2.24, 2.45) is 5.92 Å². The minimum absolute atomic E-state index is 0.0368. The molecule has 3 rings (SSSR count). The zero-order chi connectivity index (χ0) is 13.4. The lowest BCUT2D eigenvalue weighted by Crippen LogP contribution is -2.42. The zero-order valence-electron chi connectivity index (χ0n) is 9.90. The molecule has 2 aromatic rings. The quantitative estimate of drug-likeness (QED) is 0.828. The van der Waals surface area contributed by atoms with E-state index in [0.717, 1.165) is 18.2 Å². The molecule has 1 aromatic heterocycles. The average molecular weight is 279 g/mol. The molecule has 1 saturated carbocycles. The molecule has 98 valence electrons. The van der Waals surface area contributed by atoms with Crippen molar-refractivity contribution in [2.75, 3.05) is 0 Å². The Labute approximate surface area is 113 Å². The number of carbonyl (C=O) groups is 2. The van der Waals surface area contributed by atoms with Crippen molar-refractivity contribution < 1.29 is 14.0 Å². The molecule has 5 nitrogen and oxygen atoms in total. The third kappa shape index (κ3) is 2.56. The highest BCUT2D eigenvalue weighted by molar-refractivity contribution is 6.31. The van der Waals surface area contributed by atoms with E-state index in [2.05, 4.69) is 10.9 Å². The van der Waals surface area contributed by atoms with Gasteiger partial charge in [-0.3, -0.25) is 20.4 Å². The molecule has 0 bridgehead atoms. The Morgan fingerprint density at radius 3 is 2.74 bits per heavy atom. The Kier molecular flexibility index (Phi) is 2.91. The molecular formula is C13H11ClN2O3. The van der Waals surface area contributed by atoms with Crippen molar-refractivity contribution in [3.63, 3.8) is 0 Å². The smallest absolute Gasteiger partial charge is 0.305 e. The van der Waals surface area contributed by atoms with Gasteiger partial charge in [0.1, 0.15) is 5.58 Å². The number of nitrogens with one attached hydrogen (secondary N) is 2. The van der Waals surface area contributed by atoms with Crippen LogP contribution in [0, 0.1) is 5.92 Å². The van der Waals surface area contributed by atoms with Gasteiger partial charge in [0.15, 0.2) is 5.76 Å². The highest BCUT2D eigenvalue weighted by Gasteiger charge is 2.30. The number of halogens is 1. The van der Waals surface area contributed by atoms with Gasteiger partial charge in [0, 0.05) is 16.3 Å². The van der Waals surface area contributed by atoms with E-state index in [-0.39, 0.29) is 17.6 Å². The maximum Gasteiger partial charge on any atom is 0.305 e. The van der Waals surface area contributed by atoms with E-state index in [4.69, 9.17) is 16.0 Å². The summed E-state index contributed by atoms with van der Waals surface area (Å²) in [5.41, 5.74) is 5.28. The van der Waals surface area contributed by atoms with E-state index in [1.54, 1.807) is 24.3 Å². The molecule has 2 N–H and O–H groups in total. The van der Waals surface area contributed by atoms with Crippen molar-refractivity contribution in [3.8, 4) is 0 Å². The first-order valence-electron chi connectivity index (χ1n) is 5.93. The Bertz CT molecular complexity index is 661. The van der Waals surface area contributed by atoms with Crippen molar-refractivity contribution in [3.05, 3.63) is 35.0 Å². The highest BCUT2D eigenvalue weighted by atomic mass is 35.5. The molecule has 0 atom stereocenters. The van der Waals surface area contributed by atoms with Crippen LogP contribution in [0.4, 0.5) is 0 Å². The van der Waals surface area contributed by atoms with Crippen molar-refractivity contribution in [1.82, 2.24) is 10.9 Å². The Balaban J connectivity index is 1.71. The zero-order valence-corrected chi connectivity index (χ0v) is 10.7. The Hall–Kier alpha value is -2.01. The maximum atomic E-state index is 11.8. The molecule has 2 amide bonds. The molecular weight excluding hydrogens is 268 g/mol. The van der Waals surface area contributed by atoms with E-state index in [1.807, 2.05) is 0 Å². The predicted molar refractivity (Wildman–Crippen MR) is 69.6 cm³/mol. The number of amides is 2. The number of hydrogen-bond acceptors (Lipinski definition) is 3. The number of carbonyl (C=O) groups excluding carboxylic acids is 2. The molecule has 1 aromatic carbocycles. The summed E-state index contributed by atoms with van der Waals surface area (Å²) in [5, 5.41) is 1.31. The van der Waals surface area contributed by atoms with Crippen molar-refractivity contribution >= 4 is 34.4 Å². The van der Waals surface area contributed by atoms with Crippen LogP contribution in [0.25, 0.3) is 11.0 Å². The molecule has 0 radical (unpaired) electrons. The second-order valence-electron chi connectivity index (χ2n) is 4.51. The van der Waals surface area contributed by atoms with Crippen LogP contribution in [-0.4, -0.2) is 11.8 Å². The Morgan fingerprint density at radius 1 is 1.21 bits per heavy atom. The first-order valence-corrected chi connectivity index (χ1v) is 6.30. The lowest BCUT2D eigenvalue weighted by Gasteiger charge is -2.03. The van der Waals surface area contributed by atoms with E-state index >= 15 is 0 Å². The minimum atomic E-state index is -0.485. The maximum absolute atomic E-state index is 11.8. The van der Waals surface area contributed by atoms with E-state index in [0.29, 0.717) is 10.6 Å². The summed E-state index contributed by atoms with van der Waals surface area (Å²) in [4.78, 5) is 23.2. The predicted octanol–water partition coefficient (Wildman–Crippen LogP) is 2.26. The molecule has 0 saturated heterocycles. The topological polar surface area (TPSA) is 71.3 Å². The van der Waals surface area contributed by atoms with Crippen LogP contribution in [-0.2, 0) is 4.79 Å². The lowest BCUT2D eigenvalue weighted by atomic mass is 10.2. The molecule has 6 heteroatoms. The van der Waals surface area contributed by atoms with Gasteiger partial charge in [0.25, 0.3) is 0 Å². The van der Waals surface area contributed by atoms with Crippen LogP contribution in [0.5, 0.6) is 0 Å². The van der Waals surface area contributed by atoms with Crippen LogP contribution in [0.15, 0.2) is 28.7 Å². The molecule has 1 fully saturated rings. The number of hydrazine groups is 1. The molecule has 0 unspecified atom stereocenters. The van der Waals surface area contributed by atoms with Gasteiger partial charge in [-0.15, -0.1) is 0 Å². The molecule has 1 aliphatic rings. The summed E-state index contributed by atoms with van der Waals surface area (Å²) in [6.45, 7) is 0. The lowest BCUT2D eigenvalue weighted by molar-refractivity contribution is -0.123. The van der Waals surface area contributed by atoms with E-state index in [1.165, 1.54) is 0 Å². The number of fused-ring (bicyclic) bond motifs is 1. The number of furan rings is 1. The fourth-order valence-electron chi connectivity index (χ4n) is 1.75. The number of rotatable bonds is 2. The third-order valence-corrected chi connectivity index (χ3v) is 3.18. The van der Waals surface area contributed by atoms with Crippen LogP contribution in [0.3, 0.4) is 0 Å². The van der Waals surface area contributed by atoms with E-state index in [9.17, 15) is 9.59 Å². The average Bonchev–Trinajstić information content (AvgIpc) is 3.15. The monoisotopic (exact) mass is 278 g/mol. The Morgan fingerprint density at radius 2 is 2.00 bits per heavy atom. The van der Waals surface area contributed by atoms with Gasteiger partial charge in [-0.1, -0.05) is 11.6 Å². The van der Waals surface area contributed by atoms with Gasteiger partial charge in [-0.05, 0) is 37.1 Å². The molecule has 19 heavy (non-hydrogen) atoms. The number of benzene rings is 1. The second kappa shape index (κ2) is 4.59. The fourth-order valence-corrected chi connectivity index (χ4v) is 1.93.